The molecule has 2 aliphatic heterocycles. The van der Waals surface area contributed by atoms with Crippen LogP contribution in [0.4, 0.5) is 5.69 Å². The number of carbonyl (C=O) groups excluding carboxylic acids is 3. The normalized spacial score (nSPS) is 21.8. The average Bonchev–Trinajstić information content (AvgIpc) is 3.35. The number of carbonyl (C=O) groups is 3. The lowest BCUT2D eigenvalue weighted by Crippen LogP contribution is -2.52. The number of para-hydroxylation sites is 1. The van der Waals surface area contributed by atoms with E-state index in [1.807, 2.05) is 38.1 Å². The second kappa shape index (κ2) is 9.11. The molecule has 1 spiro atoms. The molecule has 0 radical (unpaired) electrons. The van der Waals surface area contributed by atoms with E-state index in [-0.39, 0.29) is 36.6 Å². The minimum atomic E-state index is -0.972. The molecule has 1 unspecified atom stereocenters. The molecule has 2 aromatic carbocycles. The topological polar surface area (TPSA) is 93.5 Å². The molecule has 4 rings (SSSR count). The van der Waals surface area contributed by atoms with E-state index in [1.165, 1.54) is 9.80 Å². The number of hydrogen-bond donors (Lipinski definition) is 1. The van der Waals surface area contributed by atoms with Crippen molar-refractivity contribution in [2.75, 3.05) is 18.9 Å². The van der Waals surface area contributed by atoms with E-state index in [4.69, 9.17) is 11.6 Å². The predicted molar refractivity (Wildman–Crippen MR) is 129 cm³/mol. The lowest BCUT2D eigenvalue weighted by atomic mass is 9.80. The van der Waals surface area contributed by atoms with Crippen molar-refractivity contribution in [1.29, 1.82) is 5.26 Å². The van der Waals surface area contributed by atoms with Crippen molar-refractivity contribution in [3.63, 3.8) is 0 Å². The Morgan fingerprint density at radius 2 is 1.91 bits per heavy atom. The molecular formula is C26H27ClN4O3. The summed E-state index contributed by atoms with van der Waals surface area (Å²) in [6.45, 7) is 4.04. The molecule has 3 amide bonds. The molecule has 0 aromatic heterocycles. The lowest BCUT2D eigenvalue weighted by Gasteiger charge is -2.33. The monoisotopic (exact) mass is 478 g/mol. The predicted octanol–water partition coefficient (Wildman–Crippen LogP) is 3.84. The van der Waals surface area contributed by atoms with Gasteiger partial charge in [-0.25, -0.2) is 0 Å². The maximum atomic E-state index is 13.9. The summed E-state index contributed by atoms with van der Waals surface area (Å²) >= 11 is 6.24. The lowest BCUT2D eigenvalue weighted by molar-refractivity contribution is -0.136. The Morgan fingerprint density at radius 1 is 1.24 bits per heavy atom. The summed E-state index contributed by atoms with van der Waals surface area (Å²) in [6.07, 6.45) is 0.630. The highest BCUT2D eigenvalue weighted by Crippen LogP contribution is 2.46. The molecule has 2 heterocycles. The van der Waals surface area contributed by atoms with Crippen LogP contribution in [0.25, 0.3) is 0 Å². The third-order valence-corrected chi connectivity index (χ3v) is 7.12. The van der Waals surface area contributed by atoms with Gasteiger partial charge in [-0.05, 0) is 36.1 Å². The van der Waals surface area contributed by atoms with Crippen molar-refractivity contribution in [3.05, 3.63) is 64.7 Å². The van der Waals surface area contributed by atoms with Crippen molar-refractivity contribution in [2.45, 2.75) is 44.2 Å². The van der Waals surface area contributed by atoms with Gasteiger partial charge in [0.2, 0.25) is 11.8 Å². The maximum absolute atomic E-state index is 13.9. The van der Waals surface area contributed by atoms with E-state index in [9.17, 15) is 19.6 Å². The van der Waals surface area contributed by atoms with Gasteiger partial charge < -0.3 is 15.1 Å². The summed E-state index contributed by atoms with van der Waals surface area (Å²) in [6, 6.07) is 14.7. The van der Waals surface area contributed by atoms with Crippen molar-refractivity contribution in [1.82, 2.24) is 9.80 Å². The van der Waals surface area contributed by atoms with Crippen molar-refractivity contribution < 1.29 is 14.4 Å². The van der Waals surface area contributed by atoms with E-state index in [0.29, 0.717) is 22.7 Å². The molecule has 2 aliphatic rings. The summed E-state index contributed by atoms with van der Waals surface area (Å²) in [5.74, 6) is -0.790. The number of halogens is 1. The van der Waals surface area contributed by atoms with Gasteiger partial charge in [-0.15, -0.1) is 0 Å². The number of fused-ring (bicyclic) bond motifs is 2. The second-order valence-electron chi connectivity index (χ2n) is 9.44. The number of amides is 3. The first-order chi connectivity index (χ1) is 16.2. The van der Waals surface area contributed by atoms with E-state index >= 15 is 0 Å². The van der Waals surface area contributed by atoms with Crippen molar-refractivity contribution >= 4 is 35.0 Å². The van der Waals surface area contributed by atoms with Gasteiger partial charge in [0.25, 0.3) is 5.91 Å². The van der Waals surface area contributed by atoms with E-state index in [2.05, 4.69) is 11.4 Å². The molecule has 7 nitrogen and oxygen atoms in total. The molecule has 0 saturated carbocycles. The smallest absolute Gasteiger partial charge is 0.255 e. The molecule has 2 aromatic rings. The van der Waals surface area contributed by atoms with Gasteiger partial charge in [-0.2, -0.15) is 5.26 Å². The van der Waals surface area contributed by atoms with Crippen LogP contribution in [0.3, 0.4) is 0 Å². The van der Waals surface area contributed by atoms with Crippen LogP contribution in [0, 0.1) is 17.2 Å². The fourth-order valence-corrected chi connectivity index (χ4v) is 5.23. The van der Waals surface area contributed by atoms with Crippen LogP contribution in [0.15, 0.2) is 48.5 Å². The zero-order valence-electron chi connectivity index (χ0n) is 19.4. The Hall–Kier alpha value is -3.37. The molecule has 0 bridgehead atoms. The van der Waals surface area contributed by atoms with Crippen LogP contribution < -0.4 is 5.32 Å². The van der Waals surface area contributed by atoms with Crippen LogP contribution in [-0.2, 0) is 15.0 Å². The number of rotatable bonds is 5. The number of anilines is 1. The van der Waals surface area contributed by atoms with E-state index in [0.717, 1.165) is 5.56 Å². The zero-order chi connectivity index (χ0) is 24.6. The van der Waals surface area contributed by atoms with Gasteiger partial charge in [0.15, 0.2) is 0 Å². The Kier molecular flexibility index (Phi) is 6.37. The summed E-state index contributed by atoms with van der Waals surface area (Å²) in [5.41, 5.74) is 0.854. The van der Waals surface area contributed by atoms with Gasteiger partial charge in [0.1, 0.15) is 12.1 Å². The molecule has 34 heavy (non-hydrogen) atoms. The van der Waals surface area contributed by atoms with E-state index in [1.54, 1.807) is 31.3 Å². The molecule has 1 N–H and O–H groups in total. The van der Waals surface area contributed by atoms with Gasteiger partial charge in [0.05, 0.1) is 22.1 Å². The van der Waals surface area contributed by atoms with E-state index < -0.39 is 17.5 Å². The van der Waals surface area contributed by atoms with Crippen LogP contribution in [0.2, 0.25) is 5.02 Å². The third kappa shape index (κ3) is 3.92. The molecule has 1 fully saturated rings. The number of hydrogen-bond acceptors (Lipinski definition) is 4. The highest BCUT2D eigenvalue weighted by Gasteiger charge is 2.56. The molecular weight excluding hydrogens is 452 g/mol. The average molecular weight is 479 g/mol. The number of nitrogens with zero attached hydrogens (tertiary/aromatic N) is 3. The van der Waals surface area contributed by atoms with Crippen LogP contribution >= 0.6 is 11.6 Å². The van der Waals surface area contributed by atoms with Gasteiger partial charge in [-0.1, -0.05) is 55.8 Å². The molecule has 0 aliphatic carbocycles. The van der Waals surface area contributed by atoms with Crippen molar-refractivity contribution in [2.24, 2.45) is 5.92 Å². The number of likely N-dealkylation sites (tertiary alicyclic amines) is 1. The number of benzene rings is 2. The minimum absolute atomic E-state index is 0.0929. The Balaban J connectivity index is 1.67. The van der Waals surface area contributed by atoms with Crippen molar-refractivity contribution in [3.8, 4) is 6.07 Å². The summed E-state index contributed by atoms with van der Waals surface area (Å²) in [5, 5.41) is 13.1. The number of nitrogens with one attached hydrogen (secondary N) is 1. The zero-order valence-corrected chi connectivity index (χ0v) is 20.2. The SMILES string of the molecule is CC(C)C[C@@H](C(=O)N1C[C@]2(CC1C#N)C(=O)Nc1ccccc12)N(C)C(=O)c1ccccc1Cl. The number of nitriles is 1. The van der Waals surface area contributed by atoms with Crippen LogP contribution in [-0.4, -0.2) is 53.2 Å². The molecule has 1 saturated heterocycles. The molecule has 176 valence electrons. The summed E-state index contributed by atoms with van der Waals surface area (Å²) in [7, 11) is 1.58. The van der Waals surface area contributed by atoms with Gasteiger partial charge in [0, 0.05) is 25.7 Å². The Labute approximate surface area is 204 Å². The summed E-state index contributed by atoms with van der Waals surface area (Å²) in [4.78, 5) is 43.1. The van der Waals surface area contributed by atoms with Crippen LogP contribution in [0.5, 0.6) is 0 Å². The first-order valence-electron chi connectivity index (χ1n) is 11.3. The summed E-state index contributed by atoms with van der Waals surface area (Å²) < 4.78 is 0. The van der Waals surface area contributed by atoms with Gasteiger partial charge >= 0.3 is 0 Å². The minimum Gasteiger partial charge on any atom is -0.330 e. The largest absolute Gasteiger partial charge is 0.330 e. The Bertz CT molecular complexity index is 1190. The standard InChI is InChI=1S/C26H27ClN4O3/c1-16(2)12-22(30(3)23(32)18-8-4-6-10-20(18)27)24(33)31-15-26(13-17(31)14-28)19-9-5-7-11-21(19)29-25(26)34/h4-11,16-17,22H,12-13,15H2,1-3H3,(H,29,34)/t17?,22-,26-/m0/s1. The third-order valence-electron chi connectivity index (χ3n) is 6.79. The first-order valence-corrected chi connectivity index (χ1v) is 11.7. The van der Waals surface area contributed by atoms with Crippen LogP contribution in [0.1, 0.15) is 42.6 Å². The highest BCUT2D eigenvalue weighted by atomic mass is 35.5. The first kappa shape index (κ1) is 23.8. The molecule has 3 atom stereocenters. The second-order valence-corrected chi connectivity index (χ2v) is 9.85. The fourth-order valence-electron chi connectivity index (χ4n) is 5.01. The Morgan fingerprint density at radius 3 is 2.59 bits per heavy atom. The fraction of sp³-hybridized carbons (Fsp3) is 0.385. The molecule has 8 heteroatoms. The van der Waals surface area contributed by atoms with Gasteiger partial charge in [-0.3, -0.25) is 14.4 Å². The number of likely N-dealkylation sites (N-methyl/N-ethyl adjacent to an activating group) is 1. The highest BCUT2D eigenvalue weighted by molar-refractivity contribution is 6.33. The quantitative estimate of drug-likeness (QED) is 0.706. The maximum Gasteiger partial charge on any atom is 0.255 e.